The Labute approximate surface area is 149 Å². The van der Waals surface area contributed by atoms with Crippen LogP contribution in [0.2, 0.25) is 0 Å². The number of hydrogen-bond donors (Lipinski definition) is 2. The van der Waals surface area contributed by atoms with Crippen molar-refractivity contribution >= 4 is 28.3 Å². The molecule has 3 N–H and O–H groups in total. The van der Waals surface area contributed by atoms with E-state index >= 15 is 0 Å². The molecule has 138 valence electrons. The summed E-state index contributed by atoms with van der Waals surface area (Å²) in [4.78, 5) is 13.2. The molecule has 0 aliphatic carbocycles. The first kappa shape index (κ1) is 22.8. The van der Waals surface area contributed by atoms with Crippen LogP contribution >= 0.6 is 12.4 Å². The van der Waals surface area contributed by atoms with Crippen molar-refractivity contribution in [3.8, 4) is 0 Å². The van der Waals surface area contributed by atoms with Crippen LogP contribution in [-0.2, 0) is 14.8 Å². The van der Waals surface area contributed by atoms with E-state index in [0.29, 0.717) is 13.1 Å². The van der Waals surface area contributed by atoms with Gasteiger partial charge < -0.3 is 10.6 Å². The third-order valence-electron chi connectivity index (χ3n) is 3.42. The van der Waals surface area contributed by atoms with E-state index in [2.05, 4.69) is 4.72 Å². The van der Waals surface area contributed by atoms with Gasteiger partial charge in [-0.1, -0.05) is 26.0 Å². The lowest BCUT2D eigenvalue weighted by molar-refractivity contribution is -0.132. The second kappa shape index (κ2) is 8.75. The van der Waals surface area contributed by atoms with Crippen LogP contribution in [0.5, 0.6) is 0 Å². The highest BCUT2D eigenvalue weighted by molar-refractivity contribution is 7.89. The lowest BCUT2D eigenvalue weighted by Crippen LogP contribution is -2.48. The predicted molar refractivity (Wildman–Crippen MR) is 93.9 cm³/mol. The largest absolute Gasteiger partial charge is 0.344 e. The molecule has 0 radical (unpaired) electrons. The van der Waals surface area contributed by atoms with Gasteiger partial charge in [0, 0.05) is 13.6 Å². The summed E-state index contributed by atoms with van der Waals surface area (Å²) in [6, 6.07) is 4.00. The van der Waals surface area contributed by atoms with Gasteiger partial charge in [0.05, 0.1) is 6.04 Å². The highest BCUT2D eigenvalue weighted by Gasteiger charge is 2.28. The highest BCUT2D eigenvalue weighted by atomic mass is 35.5. The summed E-state index contributed by atoms with van der Waals surface area (Å²) in [5.74, 6) is -1.27. The molecule has 0 saturated heterocycles. The normalized spacial score (nSPS) is 13.1. The van der Waals surface area contributed by atoms with Gasteiger partial charge in [0.25, 0.3) is 0 Å². The summed E-state index contributed by atoms with van der Waals surface area (Å²) in [5, 5.41) is 0. The van der Waals surface area contributed by atoms with E-state index < -0.39 is 32.7 Å². The maximum atomic E-state index is 13.6. The van der Waals surface area contributed by atoms with Gasteiger partial charge >= 0.3 is 0 Å². The number of amides is 1. The van der Waals surface area contributed by atoms with Crippen LogP contribution in [0.1, 0.15) is 20.8 Å². The van der Waals surface area contributed by atoms with Crippen LogP contribution in [0.4, 0.5) is 4.39 Å². The van der Waals surface area contributed by atoms with Gasteiger partial charge in [-0.15, -0.1) is 12.4 Å². The van der Waals surface area contributed by atoms with Crippen LogP contribution in [0.3, 0.4) is 0 Å². The first-order valence-electron chi connectivity index (χ1n) is 7.22. The van der Waals surface area contributed by atoms with Crippen LogP contribution in [0.15, 0.2) is 29.2 Å². The average Bonchev–Trinajstić information content (AvgIpc) is 2.45. The maximum Gasteiger partial charge on any atom is 0.244 e. The number of carbonyl (C=O) groups is 1. The molecular formula is C15H25ClFN3O3S. The van der Waals surface area contributed by atoms with E-state index in [1.165, 1.54) is 24.0 Å². The molecule has 0 aliphatic rings. The third-order valence-corrected chi connectivity index (χ3v) is 5.00. The number of nitrogens with two attached hydrogens (primary N) is 1. The Balaban J connectivity index is 0.00000529. The van der Waals surface area contributed by atoms with Crippen molar-refractivity contribution < 1.29 is 17.6 Å². The Morgan fingerprint density at radius 2 is 1.92 bits per heavy atom. The summed E-state index contributed by atoms with van der Waals surface area (Å²) < 4.78 is 40.2. The minimum atomic E-state index is -4.12. The smallest absolute Gasteiger partial charge is 0.244 e. The Bertz CT molecular complexity index is 668. The lowest BCUT2D eigenvalue weighted by Gasteiger charge is -2.30. The van der Waals surface area contributed by atoms with E-state index in [4.69, 9.17) is 5.73 Å². The molecule has 0 saturated carbocycles. The van der Waals surface area contributed by atoms with Gasteiger partial charge in [-0.2, -0.15) is 4.72 Å². The number of rotatable bonds is 7. The summed E-state index contributed by atoms with van der Waals surface area (Å²) in [6.45, 7) is 6.01. The van der Waals surface area contributed by atoms with Crippen molar-refractivity contribution in [3.63, 3.8) is 0 Å². The molecule has 24 heavy (non-hydrogen) atoms. The van der Waals surface area contributed by atoms with Crippen molar-refractivity contribution in [2.45, 2.75) is 31.7 Å². The molecular weight excluding hydrogens is 357 g/mol. The van der Waals surface area contributed by atoms with Crippen molar-refractivity contribution in [1.29, 1.82) is 0 Å². The zero-order valence-electron chi connectivity index (χ0n) is 14.2. The van der Waals surface area contributed by atoms with Gasteiger partial charge in [0.1, 0.15) is 10.7 Å². The molecule has 1 amide bonds. The van der Waals surface area contributed by atoms with Crippen molar-refractivity contribution in [1.82, 2.24) is 9.62 Å². The summed E-state index contributed by atoms with van der Waals surface area (Å²) >= 11 is 0. The molecule has 1 aromatic carbocycles. The summed E-state index contributed by atoms with van der Waals surface area (Å²) in [5.41, 5.74) is 5.35. The number of halogens is 2. The fourth-order valence-corrected chi connectivity index (χ4v) is 3.40. The zero-order valence-corrected chi connectivity index (χ0v) is 15.9. The third kappa shape index (κ3) is 6.01. The number of likely N-dealkylation sites (N-methyl/N-ethyl adjacent to an activating group) is 1. The quantitative estimate of drug-likeness (QED) is 0.745. The fourth-order valence-electron chi connectivity index (χ4n) is 2.12. The number of hydrogen-bond acceptors (Lipinski definition) is 4. The number of sulfonamides is 1. The zero-order chi connectivity index (χ0) is 17.8. The average molecular weight is 382 g/mol. The van der Waals surface area contributed by atoms with E-state index in [9.17, 15) is 17.6 Å². The first-order valence-corrected chi connectivity index (χ1v) is 8.70. The summed E-state index contributed by atoms with van der Waals surface area (Å²) in [7, 11) is -2.54. The molecule has 0 fully saturated rings. The molecule has 9 heteroatoms. The maximum absolute atomic E-state index is 13.6. The molecule has 6 nitrogen and oxygen atoms in total. The number of carbonyl (C=O) groups excluding carboxylic acids is 1. The standard InChI is InChI=1S/C15H24FN3O3S.ClH/c1-11(14(20)19(4)10-15(2,3)9-17)18-23(21,22)13-8-6-5-7-12(13)16;/h5-8,11,18H,9-10,17H2,1-4H3;1H. The molecule has 0 spiro atoms. The van der Waals surface area contributed by atoms with Crippen molar-refractivity contribution in [2.75, 3.05) is 20.1 Å². The molecule has 1 atom stereocenters. The van der Waals surface area contributed by atoms with E-state index in [-0.39, 0.29) is 17.8 Å². The monoisotopic (exact) mass is 381 g/mol. The molecule has 1 unspecified atom stereocenters. The number of nitrogens with zero attached hydrogens (tertiary/aromatic N) is 1. The first-order chi connectivity index (χ1) is 10.5. The van der Waals surface area contributed by atoms with E-state index in [0.717, 1.165) is 12.1 Å². The van der Waals surface area contributed by atoms with Crippen LogP contribution in [0, 0.1) is 11.2 Å². The van der Waals surface area contributed by atoms with Crippen LogP contribution in [-0.4, -0.2) is 45.4 Å². The van der Waals surface area contributed by atoms with Crippen molar-refractivity contribution in [3.05, 3.63) is 30.1 Å². The van der Waals surface area contributed by atoms with Crippen molar-refractivity contribution in [2.24, 2.45) is 11.1 Å². The van der Waals surface area contributed by atoms with Gasteiger partial charge in [-0.3, -0.25) is 4.79 Å². The van der Waals surface area contributed by atoms with Crippen LogP contribution in [0.25, 0.3) is 0 Å². The lowest BCUT2D eigenvalue weighted by atomic mass is 9.93. The second-order valence-corrected chi connectivity index (χ2v) is 8.02. The van der Waals surface area contributed by atoms with Crippen LogP contribution < -0.4 is 10.5 Å². The molecule has 1 aromatic rings. The predicted octanol–water partition coefficient (Wildman–Crippen LogP) is 1.36. The molecule has 0 aromatic heterocycles. The topological polar surface area (TPSA) is 92.5 Å². The van der Waals surface area contributed by atoms with Gasteiger partial charge in [0.15, 0.2) is 0 Å². The molecule has 1 rings (SSSR count). The second-order valence-electron chi connectivity index (χ2n) is 6.34. The Kier molecular flexibility index (Phi) is 8.31. The molecule has 0 bridgehead atoms. The number of benzene rings is 1. The highest BCUT2D eigenvalue weighted by Crippen LogP contribution is 2.16. The van der Waals surface area contributed by atoms with Gasteiger partial charge in [0.2, 0.25) is 15.9 Å². The van der Waals surface area contributed by atoms with Gasteiger partial charge in [-0.05, 0) is 31.0 Å². The Hall–Kier alpha value is -1.22. The SMILES string of the molecule is CC(NS(=O)(=O)c1ccccc1F)C(=O)N(C)CC(C)(C)CN.Cl. The van der Waals surface area contributed by atoms with E-state index in [1.54, 1.807) is 7.05 Å². The molecule has 0 heterocycles. The summed E-state index contributed by atoms with van der Waals surface area (Å²) in [6.07, 6.45) is 0. The Morgan fingerprint density at radius 1 is 1.38 bits per heavy atom. The van der Waals surface area contributed by atoms with Gasteiger partial charge in [-0.25, -0.2) is 12.8 Å². The van der Waals surface area contributed by atoms with E-state index in [1.807, 2.05) is 13.8 Å². The minimum absolute atomic E-state index is 0. The minimum Gasteiger partial charge on any atom is -0.344 e. The Morgan fingerprint density at radius 3 is 2.42 bits per heavy atom. The number of nitrogens with one attached hydrogen (secondary N) is 1. The molecule has 0 aliphatic heterocycles. The fraction of sp³-hybridized carbons (Fsp3) is 0.533.